The molecule has 0 bridgehead atoms. The van der Waals surface area contributed by atoms with Gasteiger partial charge in [0, 0.05) is 48.4 Å². The van der Waals surface area contributed by atoms with Gasteiger partial charge in [-0.2, -0.15) is 0 Å². The Morgan fingerprint density at radius 3 is 2.72 bits per heavy atom. The second-order valence-electron chi connectivity index (χ2n) is 7.54. The molecule has 2 heterocycles. The molecule has 0 aliphatic rings. The molecular formula is C25H25N3O. The predicted molar refractivity (Wildman–Crippen MR) is 117 cm³/mol. The highest BCUT2D eigenvalue weighted by Crippen LogP contribution is 2.35. The first kappa shape index (κ1) is 18.9. The van der Waals surface area contributed by atoms with E-state index in [9.17, 15) is 4.79 Å². The Bertz CT molecular complexity index is 1130. The number of amides is 1. The maximum Gasteiger partial charge on any atom is 0.221 e. The maximum absolute atomic E-state index is 12.9. The number of para-hydroxylation sites is 1. The number of benzene rings is 2. The van der Waals surface area contributed by atoms with E-state index in [1.54, 1.807) is 12.4 Å². The molecule has 4 nitrogen and oxygen atoms in total. The van der Waals surface area contributed by atoms with Crippen LogP contribution >= 0.6 is 0 Å². The number of carbonyl (C=O) groups excluding carboxylic acids is 1. The van der Waals surface area contributed by atoms with Crippen LogP contribution in [0.1, 0.15) is 40.2 Å². The number of hydrogen-bond donors (Lipinski definition) is 2. The average molecular weight is 383 g/mol. The van der Waals surface area contributed by atoms with Gasteiger partial charge < -0.3 is 10.3 Å². The highest BCUT2D eigenvalue weighted by molar-refractivity contribution is 5.86. The lowest BCUT2D eigenvalue weighted by Gasteiger charge is -2.20. The summed E-state index contributed by atoms with van der Waals surface area (Å²) in [6, 6.07) is 18.6. The second-order valence-corrected chi connectivity index (χ2v) is 7.54. The maximum atomic E-state index is 12.9. The van der Waals surface area contributed by atoms with Crippen molar-refractivity contribution in [1.82, 2.24) is 15.3 Å². The molecule has 0 fully saturated rings. The van der Waals surface area contributed by atoms with Gasteiger partial charge in [-0.25, -0.2) is 0 Å². The average Bonchev–Trinajstić information content (AvgIpc) is 3.16. The summed E-state index contributed by atoms with van der Waals surface area (Å²) in [5, 5.41) is 4.22. The van der Waals surface area contributed by atoms with Gasteiger partial charge in [0.1, 0.15) is 0 Å². The van der Waals surface area contributed by atoms with Crippen LogP contribution in [0, 0.1) is 13.8 Å². The van der Waals surface area contributed by atoms with Crippen LogP contribution in [0.2, 0.25) is 0 Å². The van der Waals surface area contributed by atoms with E-state index >= 15 is 0 Å². The van der Waals surface area contributed by atoms with Crippen LogP contribution in [-0.4, -0.2) is 15.9 Å². The smallest absolute Gasteiger partial charge is 0.221 e. The van der Waals surface area contributed by atoms with E-state index in [0.717, 1.165) is 22.0 Å². The third-order valence-electron chi connectivity index (χ3n) is 5.40. The molecule has 0 saturated carbocycles. The minimum Gasteiger partial charge on any atom is -0.361 e. The molecule has 0 aliphatic carbocycles. The number of aryl methyl sites for hydroxylation is 2. The number of carbonyl (C=O) groups is 1. The lowest BCUT2D eigenvalue weighted by Crippen LogP contribution is -2.25. The van der Waals surface area contributed by atoms with Crippen molar-refractivity contribution in [2.45, 2.75) is 32.7 Å². The standard InChI is InChI=1S/C25H25N3O/c1-17-9-10-20(18(2)12-17)22(23-16-27-24-8-4-3-7-21(23)24)13-25(29)28-15-19-6-5-11-26-14-19/h3-12,14,16,22,27H,13,15H2,1-2H3,(H,28,29). The van der Waals surface area contributed by atoms with Crippen molar-refractivity contribution < 1.29 is 4.79 Å². The van der Waals surface area contributed by atoms with Gasteiger partial charge in [-0.05, 0) is 48.2 Å². The summed E-state index contributed by atoms with van der Waals surface area (Å²) in [6.07, 6.45) is 5.95. The van der Waals surface area contributed by atoms with Gasteiger partial charge in [0.05, 0.1) is 0 Å². The third kappa shape index (κ3) is 4.21. The van der Waals surface area contributed by atoms with E-state index in [1.165, 1.54) is 16.7 Å². The molecule has 1 unspecified atom stereocenters. The molecular weight excluding hydrogens is 358 g/mol. The number of rotatable bonds is 6. The lowest BCUT2D eigenvalue weighted by atomic mass is 9.85. The SMILES string of the molecule is Cc1ccc(C(CC(=O)NCc2cccnc2)c2c[nH]c3ccccc23)c(C)c1. The van der Waals surface area contributed by atoms with Crippen molar-refractivity contribution in [2.75, 3.05) is 0 Å². The van der Waals surface area contributed by atoms with E-state index in [2.05, 4.69) is 59.5 Å². The van der Waals surface area contributed by atoms with Crippen LogP contribution < -0.4 is 5.32 Å². The highest BCUT2D eigenvalue weighted by Gasteiger charge is 2.22. The molecule has 146 valence electrons. The number of fused-ring (bicyclic) bond motifs is 1. The van der Waals surface area contributed by atoms with Crippen LogP contribution in [0.15, 0.2) is 73.2 Å². The summed E-state index contributed by atoms with van der Waals surface area (Å²) in [4.78, 5) is 20.3. The van der Waals surface area contributed by atoms with E-state index in [-0.39, 0.29) is 11.8 Å². The zero-order chi connectivity index (χ0) is 20.2. The molecule has 0 spiro atoms. The van der Waals surface area contributed by atoms with E-state index in [0.29, 0.717) is 13.0 Å². The molecule has 4 rings (SSSR count). The van der Waals surface area contributed by atoms with Crippen LogP contribution in [0.4, 0.5) is 0 Å². The molecule has 0 radical (unpaired) electrons. The summed E-state index contributed by atoms with van der Waals surface area (Å²) in [5.74, 6) is 0.0183. The van der Waals surface area contributed by atoms with Gasteiger partial charge in [-0.3, -0.25) is 9.78 Å². The number of hydrogen-bond acceptors (Lipinski definition) is 2. The Kier molecular flexibility index (Phi) is 5.43. The number of aromatic nitrogens is 2. The fourth-order valence-corrected chi connectivity index (χ4v) is 3.95. The molecule has 0 saturated heterocycles. The van der Waals surface area contributed by atoms with Crippen molar-refractivity contribution in [1.29, 1.82) is 0 Å². The van der Waals surface area contributed by atoms with Gasteiger partial charge in [0.15, 0.2) is 0 Å². The van der Waals surface area contributed by atoms with Crippen LogP contribution in [0.5, 0.6) is 0 Å². The van der Waals surface area contributed by atoms with Crippen LogP contribution in [0.25, 0.3) is 10.9 Å². The summed E-state index contributed by atoms with van der Waals surface area (Å²) in [7, 11) is 0. The van der Waals surface area contributed by atoms with Crippen molar-refractivity contribution in [2.24, 2.45) is 0 Å². The number of pyridine rings is 1. The molecule has 1 atom stereocenters. The molecule has 2 aromatic heterocycles. The normalized spacial score (nSPS) is 12.1. The first-order valence-electron chi connectivity index (χ1n) is 9.90. The van der Waals surface area contributed by atoms with Crippen LogP contribution in [-0.2, 0) is 11.3 Å². The van der Waals surface area contributed by atoms with E-state index in [1.807, 2.05) is 30.5 Å². The number of nitrogens with one attached hydrogen (secondary N) is 2. The summed E-state index contributed by atoms with van der Waals surface area (Å²) < 4.78 is 0. The van der Waals surface area contributed by atoms with Crippen LogP contribution in [0.3, 0.4) is 0 Å². The Hall–Kier alpha value is -3.40. The van der Waals surface area contributed by atoms with E-state index in [4.69, 9.17) is 0 Å². The van der Waals surface area contributed by atoms with Crippen molar-refractivity contribution >= 4 is 16.8 Å². The molecule has 2 aromatic carbocycles. The van der Waals surface area contributed by atoms with Gasteiger partial charge in [-0.15, -0.1) is 0 Å². The zero-order valence-electron chi connectivity index (χ0n) is 16.8. The van der Waals surface area contributed by atoms with E-state index < -0.39 is 0 Å². The van der Waals surface area contributed by atoms with Crippen molar-refractivity contribution in [3.63, 3.8) is 0 Å². The topological polar surface area (TPSA) is 57.8 Å². The number of aromatic amines is 1. The lowest BCUT2D eigenvalue weighted by molar-refractivity contribution is -0.121. The predicted octanol–water partition coefficient (Wildman–Crippen LogP) is 5.02. The monoisotopic (exact) mass is 383 g/mol. The van der Waals surface area contributed by atoms with Gasteiger partial charge >= 0.3 is 0 Å². The molecule has 29 heavy (non-hydrogen) atoms. The molecule has 0 aliphatic heterocycles. The number of H-pyrrole nitrogens is 1. The molecule has 4 heteroatoms. The summed E-state index contributed by atoms with van der Waals surface area (Å²) >= 11 is 0. The Labute approximate surface area is 171 Å². The number of nitrogens with zero attached hydrogens (tertiary/aromatic N) is 1. The Morgan fingerprint density at radius 2 is 1.93 bits per heavy atom. The first-order chi connectivity index (χ1) is 14.1. The fourth-order valence-electron chi connectivity index (χ4n) is 3.95. The minimum atomic E-state index is -0.0133. The fraction of sp³-hybridized carbons (Fsp3) is 0.200. The molecule has 4 aromatic rings. The van der Waals surface area contributed by atoms with Gasteiger partial charge in [-0.1, -0.05) is 48.0 Å². The zero-order valence-corrected chi connectivity index (χ0v) is 16.8. The molecule has 2 N–H and O–H groups in total. The Balaban J connectivity index is 1.64. The second kappa shape index (κ2) is 8.31. The highest BCUT2D eigenvalue weighted by atomic mass is 16.1. The first-order valence-corrected chi connectivity index (χ1v) is 9.90. The minimum absolute atomic E-state index is 0.0133. The Morgan fingerprint density at radius 1 is 1.07 bits per heavy atom. The van der Waals surface area contributed by atoms with Crippen molar-refractivity contribution in [3.8, 4) is 0 Å². The summed E-state index contributed by atoms with van der Waals surface area (Å²) in [6.45, 7) is 4.70. The molecule has 1 amide bonds. The van der Waals surface area contributed by atoms with Crippen molar-refractivity contribution in [3.05, 3.63) is 101 Å². The summed E-state index contributed by atoms with van der Waals surface area (Å²) in [5.41, 5.74) is 6.87. The largest absolute Gasteiger partial charge is 0.361 e. The van der Waals surface area contributed by atoms with Gasteiger partial charge in [0.2, 0.25) is 5.91 Å². The van der Waals surface area contributed by atoms with Gasteiger partial charge in [0.25, 0.3) is 0 Å². The quantitative estimate of drug-likeness (QED) is 0.491. The third-order valence-corrected chi connectivity index (χ3v) is 5.40.